The number of aromatic nitrogens is 2. The molecule has 36 heavy (non-hydrogen) atoms. The SMILES string of the molecule is CO/N=C/c1cccc(-c2cccc(C3C(=O)N(Cc4ccc(Cl)nc4)c4cccc[n+]4C3=O)c2)c1. The molecule has 4 aromatic rings. The fraction of sp³-hybridized carbons (Fsp3) is 0.107. The third kappa shape index (κ3) is 4.61. The summed E-state index contributed by atoms with van der Waals surface area (Å²) in [4.78, 5) is 37.9. The highest BCUT2D eigenvalue weighted by atomic mass is 35.5. The fourth-order valence-electron chi connectivity index (χ4n) is 4.29. The van der Waals surface area contributed by atoms with Gasteiger partial charge in [0.2, 0.25) is 0 Å². The molecule has 7 nitrogen and oxygen atoms in total. The van der Waals surface area contributed by atoms with Crippen molar-refractivity contribution < 1.29 is 19.0 Å². The number of anilines is 1. The Bertz CT molecular complexity index is 1470. The summed E-state index contributed by atoms with van der Waals surface area (Å²) >= 11 is 5.93. The van der Waals surface area contributed by atoms with Gasteiger partial charge in [-0.3, -0.25) is 0 Å². The van der Waals surface area contributed by atoms with Crippen LogP contribution in [0.25, 0.3) is 11.1 Å². The molecule has 0 spiro atoms. The van der Waals surface area contributed by atoms with E-state index in [1.165, 1.54) is 11.7 Å². The van der Waals surface area contributed by atoms with E-state index in [1.54, 1.807) is 47.8 Å². The topological polar surface area (TPSA) is 75.7 Å². The van der Waals surface area contributed by atoms with Crippen LogP contribution in [0.5, 0.6) is 0 Å². The third-order valence-electron chi connectivity index (χ3n) is 5.99. The van der Waals surface area contributed by atoms with E-state index in [0.717, 1.165) is 22.3 Å². The fourth-order valence-corrected chi connectivity index (χ4v) is 4.40. The summed E-state index contributed by atoms with van der Waals surface area (Å²) < 4.78 is 1.53. The van der Waals surface area contributed by atoms with Crippen LogP contribution in [0, 0.1) is 0 Å². The lowest BCUT2D eigenvalue weighted by Crippen LogP contribution is -2.59. The number of pyridine rings is 2. The normalized spacial score (nSPS) is 15.3. The largest absolute Gasteiger partial charge is 0.399 e. The lowest BCUT2D eigenvalue weighted by Gasteiger charge is -2.26. The number of rotatable bonds is 6. The number of halogens is 1. The molecule has 5 rings (SSSR count). The maximum absolute atomic E-state index is 13.8. The van der Waals surface area contributed by atoms with Gasteiger partial charge in [0.25, 0.3) is 5.82 Å². The molecule has 1 unspecified atom stereocenters. The number of oxime groups is 1. The van der Waals surface area contributed by atoms with Crippen LogP contribution in [-0.4, -0.2) is 30.1 Å². The highest BCUT2D eigenvalue weighted by Crippen LogP contribution is 2.31. The Hall–Kier alpha value is -4.36. The molecule has 3 heterocycles. The summed E-state index contributed by atoms with van der Waals surface area (Å²) in [5.41, 5.74) is 4.12. The Balaban J connectivity index is 1.53. The molecule has 2 aromatic carbocycles. The first-order valence-electron chi connectivity index (χ1n) is 11.3. The Morgan fingerprint density at radius 2 is 1.83 bits per heavy atom. The molecule has 1 aliphatic heterocycles. The van der Waals surface area contributed by atoms with Crippen LogP contribution in [0.15, 0.2) is 96.4 Å². The van der Waals surface area contributed by atoms with Gasteiger partial charge in [0.05, 0.1) is 12.4 Å². The smallest absolute Gasteiger partial charge is 0.333 e. The van der Waals surface area contributed by atoms with Gasteiger partial charge in [-0.1, -0.05) is 65.3 Å². The summed E-state index contributed by atoms with van der Waals surface area (Å²) in [7, 11) is 1.49. The second-order valence-corrected chi connectivity index (χ2v) is 8.67. The van der Waals surface area contributed by atoms with Gasteiger partial charge in [0, 0.05) is 17.8 Å². The highest BCUT2D eigenvalue weighted by Gasteiger charge is 2.47. The van der Waals surface area contributed by atoms with Crippen molar-refractivity contribution in [2.75, 3.05) is 12.0 Å². The molecule has 0 aliphatic carbocycles. The van der Waals surface area contributed by atoms with Crippen molar-refractivity contribution in [1.82, 2.24) is 4.98 Å². The van der Waals surface area contributed by atoms with Crippen molar-refractivity contribution in [3.63, 3.8) is 0 Å². The van der Waals surface area contributed by atoms with E-state index < -0.39 is 5.92 Å². The maximum Gasteiger partial charge on any atom is 0.333 e. The van der Waals surface area contributed by atoms with E-state index in [2.05, 4.69) is 10.1 Å². The molecular formula is C28H22ClN4O3+. The summed E-state index contributed by atoms with van der Waals surface area (Å²) in [6, 6.07) is 24.1. The summed E-state index contributed by atoms with van der Waals surface area (Å²) in [6.45, 7) is 0.261. The van der Waals surface area contributed by atoms with E-state index in [4.69, 9.17) is 16.4 Å². The second kappa shape index (κ2) is 10.1. The first kappa shape index (κ1) is 23.4. The predicted octanol–water partition coefficient (Wildman–Crippen LogP) is 4.64. The molecule has 1 atom stereocenters. The molecule has 0 fully saturated rings. The maximum atomic E-state index is 13.8. The Kier molecular flexibility index (Phi) is 6.56. The lowest BCUT2D eigenvalue weighted by atomic mass is 9.91. The number of hydrogen-bond donors (Lipinski definition) is 0. The van der Waals surface area contributed by atoms with Gasteiger partial charge in [-0.15, -0.1) is 0 Å². The standard InChI is InChI=1S/C28H22ClN4O3/c1-36-31-17-19-6-4-7-21(14-19)22-8-5-9-23(15-22)26-27(34)32-13-3-2-10-25(32)33(28(26)35)18-20-11-12-24(29)30-16-20/h2-17,26H,18H2,1H3/q+1/b31-17+. The summed E-state index contributed by atoms with van der Waals surface area (Å²) in [5, 5.41) is 4.20. The van der Waals surface area contributed by atoms with Crippen LogP contribution in [0.3, 0.4) is 0 Å². The van der Waals surface area contributed by atoms with Crippen molar-refractivity contribution in [3.05, 3.63) is 113 Å². The quantitative estimate of drug-likeness (QED) is 0.128. The minimum atomic E-state index is -0.983. The van der Waals surface area contributed by atoms with Crippen molar-refractivity contribution in [3.8, 4) is 11.1 Å². The van der Waals surface area contributed by atoms with Gasteiger partial charge in [-0.2, -0.15) is 9.47 Å². The van der Waals surface area contributed by atoms with Gasteiger partial charge >= 0.3 is 11.8 Å². The first-order chi connectivity index (χ1) is 17.5. The van der Waals surface area contributed by atoms with Crippen LogP contribution < -0.4 is 9.47 Å². The third-order valence-corrected chi connectivity index (χ3v) is 6.21. The van der Waals surface area contributed by atoms with Crippen LogP contribution in [-0.2, 0) is 16.2 Å². The molecule has 178 valence electrons. The number of carbonyl (C=O) groups excluding carboxylic acids is 2. The van der Waals surface area contributed by atoms with Crippen molar-refractivity contribution in [2.45, 2.75) is 12.5 Å². The minimum absolute atomic E-state index is 0.261. The highest BCUT2D eigenvalue weighted by molar-refractivity contribution is 6.29. The second-order valence-electron chi connectivity index (χ2n) is 8.28. The van der Waals surface area contributed by atoms with Crippen LogP contribution >= 0.6 is 11.6 Å². The molecule has 2 aromatic heterocycles. The van der Waals surface area contributed by atoms with Crippen LogP contribution in [0.4, 0.5) is 5.82 Å². The molecule has 8 heteroatoms. The number of nitrogens with zero attached hydrogens (tertiary/aromatic N) is 4. The molecule has 0 saturated heterocycles. The number of hydrogen-bond acceptors (Lipinski definition) is 5. The zero-order valence-corrected chi connectivity index (χ0v) is 20.2. The molecule has 0 bridgehead atoms. The summed E-state index contributed by atoms with van der Waals surface area (Å²) in [6.07, 6.45) is 4.94. The van der Waals surface area contributed by atoms with E-state index in [-0.39, 0.29) is 18.4 Å². The minimum Gasteiger partial charge on any atom is -0.399 e. The monoisotopic (exact) mass is 497 g/mol. The van der Waals surface area contributed by atoms with Crippen molar-refractivity contribution >= 4 is 35.4 Å². The Labute approximate surface area is 213 Å². The number of amides is 1. The molecule has 0 N–H and O–H groups in total. The predicted molar refractivity (Wildman–Crippen MR) is 137 cm³/mol. The summed E-state index contributed by atoms with van der Waals surface area (Å²) in [5.74, 6) is -1.05. The average molecular weight is 498 g/mol. The van der Waals surface area contributed by atoms with Gasteiger partial charge in [0.15, 0.2) is 5.92 Å². The molecule has 1 amide bonds. The van der Waals surface area contributed by atoms with Gasteiger partial charge in [-0.25, -0.2) is 14.6 Å². The van der Waals surface area contributed by atoms with Crippen LogP contribution in [0.2, 0.25) is 5.15 Å². The zero-order valence-electron chi connectivity index (χ0n) is 19.4. The molecule has 0 saturated carbocycles. The molecular weight excluding hydrogens is 476 g/mol. The first-order valence-corrected chi connectivity index (χ1v) is 11.7. The Morgan fingerprint density at radius 3 is 2.61 bits per heavy atom. The van der Waals surface area contributed by atoms with E-state index >= 15 is 0 Å². The zero-order chi connectivity index (χ0) is 25.1. The average Bonchev–Trinajstić information content (AvgIpc) is 2.91. The lowest BCUT2D eigenvalue weighted by molar-refractivity contribution is -0.563. The van der Waals surface area contributed by atoms with Gasteiger partial charge in [-0.05, 0) is 46.5 Å². The Morgan fingerprint density at radius 1 is 1.03 bits per heavy atom. The van der Waals surface area contributed by atoms with Crippen molar-refractivity contribution in [1.29, 1.82) is 0 Å². The number of benzene rings is 2. The van der Waals surface area contributed by atoms with Gasteiger partial charge in [0.1, 0.15) is 18.8 Å². The van der Waals surface area contributed by atoms with Gasteiger partial charge < -0.3 is 4.84 Å². The molecule has 1 aliphatic rings. The number of carbonyl (C=O) groups is 2. The molecule has 0 radical (unpaired) electrons. The number of fused-ring (bicyclic) bond motifs is 1. The van der Waals surface area contributed by atoms with Crippen LogP contribution in [0.1, 0.15) is 27.4 Å². The van der Waals surface area contributed by atoms with E-state index in [1.807, 2.05) is 54.6 Å². The van der Waals surface area contributed by atoms with E-state index in [0.29, 0.717) is 16.5 Å². The van der Waals surface area contributed by atoms with Crippen molar-refractivity contribution in [2.24, 2.45) is 5.16 Å². The van der Waals surface area contributed by atoms with E-state index in [9.17, 15) is 9.59 Å².